The molecule has 1 saturated heterocycles. The number of nitrogens with one attached hydrogen (secondary N) is 1. The third-order valence-electron chi connectivity index (χ3n) is 6.42. The Morgan fingerprint density at radius 3 is 1.90 bits per heavy atom. The molecule has 0 bridgehead atoms. The first-order valence-electron chi connectivity index (χ1n) is 13.1. The Morgan fingerprint density at radius 2 is 1.38 bits per heavy atom. The number of hydrogen-bond donors (Lipinski definition) is 2. The molecular weight excluding hydrogens is 544 g/mol. The van der Waals surface area contributed by atoms with Crippen LogP contribution in [0.15, 0.2) is 113 Å². The summed E-state index contributed by atoms with van der Waals surface area (Å²) < 4.78 is 22.3. The molecule has 11 nitrogen and oxygen atoms in total. The van der Waals surface area contributed by atoms with Gasteiger partial charge >= 0.3 is 17.8 Å². The van der Waals surface area contributed by atoms with Gasteiger partial charge in [0, 0.05) is 18.2 Å². The first-order valence-corrected chi connectivity index (χ1v) is 13.1. The number of rotatable bonds is 6. The molecule has 0 amide bonds. The molecule has 4 aromatic rings. The van der Waals surface area contributed by atoms with Gasteiger partial charge in [0.15, 0.2) is 6.23 Å². The van der Waals surface area contributed by atoms with E-state index in [9.17, 15) is 24.3 Å². The summed E-state index contributed by atoms with van der Waals surface area (Å²) in [7, 11) is 0. The summed E-state index contributed by atoms with van der Waals surface area (Å²) in [5.74, 6) is 0.0392. The van der Waals surface area contributed by atoms with Gasteiger partial charge in [0.1, 0.15) is 29.8 Å². The van der Waals surface area contributed by atoms with Crippen molar-refractivity contribution in [1.82, 2.24) is 9.55 Å². The topological polar surface area (TPSA) is 146 Å². The molecule has 1 unspecified atom stereocenters. The van der Waals surface area contributed by atoms with Crippen LogP contribution in [0.3, 0.4) is 0 Å². The number of carbonyl (C=O) groups is 2. The second-order valence-electron chi connectivity index (χ2n) is 9.42. The number of esters is 1. The number of H-pyrrole nitrogens is 1. The van der Waals surface area contributed by atoms with Crippen molar-refractivity contribution in [2.75, 3.05) is 0 Å². The lowest BCUT2D eigenvalue weighted by Crippen LogP contribution is -2.35. The lowest BCUT2D eigenvalue weighted by Gasteiger charge is -2.23. The van der Waals surface area contributed by atoms with Crippen LogP contribution in [0.4, 0.5) is 4.79 Å². The fourth-order valence-corrected chi connectivity index (χ4v) is 4.28. The summed E-state index contributed by atoms with van der Waals surface area (Å²) in [4.78, 5) is 48.8. The molecule has 1 fully saturated rings. The van der Waals surface area contributed by atoms with E-state index in [-0.39, 0.29) is 0 Å². The molecule has 3 aromatic carbocycles. The van der Waals surface area contributed by atoms with Crippen molar-refractivity contribution in [2.24, 2.45) is 5.92 Å². The Bertz CT molecular complexity index is 1530. The summed E-state index contributed by atoms with van der Waals surface area (Å²) in [5.41, 5.74) is -0.796. The molecule has 1 aliphatic rings. The summed E-state index contributed by atoms with van der Waals surface area (Å²) in [6.07, 6.45) is -2.70. The second-order valence-corrected chi connectivity index (χ2v) is 9.42. The van der Waals surface area contributed by atoms with Crippen LogP contribution in [-0.4, -0.2) is 45.1 Å². The number of aromatic nitrogens is 2. The van der Waals surface area contributed by atoms with E-state index in [4.69, 9.17) is 18.9 Å². The highest BCUT2D eigenvalue weighted by molar-refractivity contribution is 5.89. The zero-order chi connectivity index (χ0) is 30.1. The third-order valence-corrected chi connectivity index (χ3v) is 6.42. The number of aliphatic hydroxyl groups excluding tert-OH is 1. The number of aliphatic hydroxyl groups is 1. The van der Waals surface area contributed by atoms with Gasteiger partial charge in [0.05, 0.1) is 5.56 Å². The lowest BCUT2D eigenvalue weighted by atomic mass is 9.97. The maximum absolute atomic E-state index is 12.2. The van der Waals surface area contributed by atoms with Crippen LogP contribution in [-0.2, 0) is 9.47 Å². The van der Waals surface area contributed by atoms with Crippen LogP contribution in [0, 0.1) is 5.92 Å². The fourth-order valence-electron chi connectivity index (χ4n) is 4.28. The Morgan fingerprint density at radius 1 is 0.857 bits per heavy atom. The number of hydrogen-bond acceptors (Lipinski definition) is 9. The van der Waals surface area contributed by atoms with E-state index >= 15 is 0 Å². The first-order chi connectivity index (χ1) is 20.2. The largest absolute Gasteiger partial charge is 0.519 e. The van der Waals surface area contributed by atoms with Gasteiger partial charge < -0.3 is 24.1 Å². The van der Waals surface area contributed by atoms with Crippen LogP contribution >= 0.6 is 0 Å². The van der Waals surface area contributed by atoms with Crippen LogP contribution < -0.4 is 20.7 Å². The van der Waals surface area contributed by atoms with Crippen LogP contribution in [0.25, 0.3) is 0 Å². The lowest BCUT2D eigenvalue weighted by molar-refractivity contribution is -0.0808. The van der Waals surface area contributed by atoms with Gasteiger partial charge in [-0.2, -0.15) is 0 Å². The maximum Gasteiger partial charge on any atom is 0.519 e. The van der Waals surface area contributed by atoms with Crippen molar-refractivity contribution < 1.29 is 33.6 Å². The summed E-state index contributed by atoms with van der Waals surface area (Å²) in [6.45, 7) is 3.42. The molecule has 0 spiro atoms. The molecular formula is C31H30N2O9. The van der Waals surface area contributed by atoms with Crippen LogP contribution in [0.1, 0.15) is 30.4 Å². The van der Waals surface area contributed by atoms with E-state index in [0.29, 0.717) is 17.1 Å². The first kappa shape index (κ1) is 30.0. The van der Waals surface area contributed by atoms with Gasteiger partial charge in [-0.25, -0.2) is 14.4 Å². The summed E-state index contributed by atoms with van der Waals surface area (Å²) in [6, 6.07) is 27.3. The Hall–Kier alpha value is -5.00. The predicted octanol–water partition coefficient (Wildman–Crippen LogP) is 3.94. The van der Waals surface area contributed by atoms with E-state index in [2.05, 4.69) is 4.98 Å². The molecule has 0 radical (unpaired) electrons. The summed E-state index contributed by atoms with van der Waals surface area (Å²) >= 11 is 0. The van der Waals surface area contributed by atoms with E-state index in [0.717, 1.165) is 4.57 Å². The van der Waals surface area contributed by atoms with Crippen molar-refractivity contribution in [3.05, 3.63) is 130 Å². The molecule has 0 saturated carbocycles. The number of benzene rings is 3. The van der Waals surface area contributed by atoms with Gasteiger partial charge in [-0.05, 0) is 43.3 Å². The van der Waals surface area contributed by atoms with Crippen molar-refractivity contribution >= 4 is 12.1 Å². The Balaban J connectivity index is 0.000000216. The zero-order valence-corrected chi connectivity index (χ0v) is 22.9. The highest BCUT2D eigenvalue weighted by atomic mass is 16.7. The number of ether oxygens (including phenoxy) is 4. The second kappa shape index (κ2) is 14.1. The van der Waals surface area contributed by atoms with Crippen LogP contribution in [0.2, 0.25) is 0 Å². The predicted molar refractivity (Wildman–Crippen MR) is 151 cm³/mol. The minimum absolute atomic E-state index is 0.391. The monoisotopic (exact) mass is 574 g/mol. The number of aromatic amines is 1. The third kappa shape index (κ3) is 7.80. The Kier molecular flexibility index (Phi) is 10.0. The van der Waals surface area contributed by atoms with Gasteiger partial charge in [-0.3, -0.25) is 14.3 Å². The van der Waals surface area contributed by atoms with Gasteiger partial charge in [0.25, 0.3) is 5.56 Å². The number of carbonyl (C=O) groups excluding carboxylic acids is 2. The standard InChI is InChI=1S/C18H20N2O6.C13H10O3/c1-10-14(22)16(20-9-8-13(21)19-18(20)24)26-15(10)11(2)25-17(23)12-6-4-3-5-7-12;14-13(15-11-7-3-1-4-8-11)16-12-9-5-2-6-10-12/h3-11,14-16,22H,1-2H3,(H,19,21,24);1-10H/t10-,11+,14+,15?,16+;/m0./s1. The molecule has 1 aromatic heterocycles. The molecule has 2 N–H and O–H groups in total. The average molecular weight is 575 g/mol. The van der Waals surface area contributed by atoms with Gasteiger partial charge in [0.2, 0.25) is 0 Å². The Labute approximate surface area is 240 Å². The quantitative estimate of drug-likeness (QED) is 0.258. The molecule has 5 atom stereocenters. The van der Waals surface area contributed by atoms with Gasteiger partial charge in [-0.15, -0.1) is 0 Å². The van der Waals surface area contributed by atoms with Gasteiger partial charge in [-0.1, -0.05) is 61.5 Å². The van der Waals surface area contributed by atoms with E-state index < -0.39 is 53.8 Å². The zero-order valence-electron chi connectivity index (χ0n) is 22.9. The number of para-hydroxylation sites is 2. The molecule has 1 aliphatic heterocycles. The van der Waals surface area contributed by atoms with Crippen molar-refractivity contribution in [3.63, 3.8) is 0 Å². The SMILES string of the molecule is C[C@@H]1C([C@@H](C)OC(=O)c2ccccc2)O[C@@H](n2ccc(=O)[nH]c2=O)[C@@H]1O.O=C(Oc1ccccc1)Oc1ccccc1. The molecule has 11 heteroatoms. The van der Waals surface area contributed by atoms with E-state index in [1.165, 1.54) is 12.3 Å². The van der Waals surface area contributed by atoms with Crippen molar-refractivity contribution in [1.29, 1.82) is 0 Å². The normalized spacial score (nSPS) is 20.0. The van der Waals surface area contributed by atoms with E-state index in [1.54, 1.807) is 92.7 Å². The highest BCUT2D eigenvalue weighted by Gasteiger charge is 2.45. The van der Waals surface area contributed by atoms with Crippen LogP contribution in [0.5, 0.6) is 11.5 Å². The number of nitrogens with zero attached hydrogens (tertiary/aromatic N) is 1. The van der Waals surface area contributed by atoms with E-state index in [1.807, 2.05) is 12.1 Å². The molecule has 218 valence electrons. The molecule has 0 aliphatic carbocycles. The van der Waals surface area contributed by atoms with Crippen molar-refractivity contribution in [2.45, 2.75) is 38.4 Å². The maximum atomic E-state index is 12.2. The molecule has 2 heterocycles. The minimum atomic E-state index is -0.999. The summed E-state index contributed by atoms with van der Waals surface area (Å²) in [5, 5.41) is 10.5. The molecule has 5 rings (SSSR count). The average Bonchev–Trinajstić information content (AvgIpc) is 3.28. The smallest absolute Gasteiger partial charge is 0.456 e. The van der Waals surface area contributed by atoms with Crippen molar-refractivity contribution in [3.8, 4) is 11.5 Å². The molecule has 42 heavy (non-hydrogen) atoms. The minimum Gasteiger partial charge on any atom is -0.456 e. The highest BCUT2D eigenvalue weighted by Crippen LogP contribution is 2.35. The fraction of sp³-hybridized carbons (Fsp3) is 0.226.